The molecule has 0 bridgehead atoms. The van der Waals surface area contributed by atoms with E-state index in [9.17, 15) is 17.9 Å². The Morgan fingerprint density at radius 2 is 1.95 bits per heavy atom. The molecular weight excluding hydrogens is 328 g/mol. The van der Waals surface area contributed by atoms with E-state index in [1.807, 2.05) is 0 Å². The number of benzene rings is 1. The number of sulfonamides is 1. The predicted octanol–water partition coefficient (Wildman–Crippen LogP) is 2.82. The molecule has 0 aromatic heterocycles. The summed E-state index contributed by atoms with van der Waals surface area (Å²) in [6.07, 6.45) is -0.0725. The fourth-order valence-corrected chi connectivity index (χ4v) is 3.62. The number of hydrogen-bond donors (Lipinski definition) is 2. The maximum absolute atomic E-state index is 13.5. The van der Waals surface area contributed by atoms with E-state index in [0.717, 1.165) is 12.1 Å². The molecule has 20 heavy (non-hydrogen) atoms. The summed E-state index contributed by atoms with van der Waals surface area (Å²) in [7, 11) is -3.92. The van der Waals surface area contributed by atoms with Gasteiger partial charge in [0.25, 0.3) is 0 Å². The van der Waals surface area contributed by atoms with Gasteiger partial charge >= 0.3 is 0 Å². The molecule has 2 N–H and O–H groups in total. The highest BCUT2D eigenvalue weighted by Gasteiger charge is 2.22. The van der Waals surface area contributed by atoms with Gasteiger partial charge in [-0.3, -0.25) is 0 Å². The molecule has 1 rings (SSSR count). The molecular formula is C12H16Cl2FNO3S. The Morgan fingerprint density at radius 1 is 1.35 bits per heavy atom. The van der Waals surface area contributed by atoms with Crippen LogP contribution in [0.25, 0.3) is 0 Å². The molecule has 0 radical (unpaired) electrons. The van der Waals surface area contributed by atoms with Crippen LogP contribution >= 0.6 is 23.2 Å². The Labute approximate surface area is 127 Å². The minimum Gasteiger partial charge on any atom is -0.393 e. The van der Waals surface area contributed by atoms with Gasteiger partial charge < -0.3 is 5.11 Å². The van der Waals surface area contributed by atoms with Gasteiger partial charge in [-0.1, -0.05) is 30.1 Å². The molecule has 4 nitrogen and oxygen atoms in total. The molecule has 8 heteroatoms. The molecule has 0 fully saturated rings. The number of aliphatic hydroxyl groups is 1. The fourth-order valence-electron chi connectivity index (χ4n) is 1.71. The van der Waals surface area contributed by atoms with Crippen molar-refractivity contribution in [1.82, 2.24) is 4.72 Å². The Kier molecular flexibility index (Phi) is 6.22. The highest BCUT2D eigenvalue weighted by Crippen LogP contribution is 2.29. The normalized spacial score (nSPS) is 15.1. The number of halogens is 3. The second kappa shape index (κ2) is 7.04. The van der Waals surface area contributed by atoms with Gasteiger partial charge in [-0.05, 0) is 31.4 Å². The van der Waals surface area contributed by atoms with Gasteiger partial charge in [0.1, 0.15) is 4.90 Å². The van der Waals surface area contributed by atoms with E-state index in [2.05, 4.69) is 4.72 Å². The van der Waals surface area contributed by atoms with E-state index in [-0.39, 0.29) is 22.4 Å². The minimum absolute atomic E-state index is 0.0688. The van der Waals surface area contributed by atoms with Crippen LogP contribution in [0.5, 0.6) is 0 Å². The Morgan fingerprint density at radius 3 is 2.50 bits per heavy atom. The fraction of sp³-hybridized carbons (Fsp3) is 0.500. The van der Waals surface area contributed by atoms with Gasteiger partial charge in [0, 0.05) is 6.54 Å². The van der Waals surface area contributed by atoms with E-state index in [4.69, 9.17) is 23.2 Å². The lowest BCUT2D eigenvalue weighted by Gasteiger charge is -2.15. The summed E-state index contributed by atoms with van der Waals surface area (Å²) >= 11 is 11.2. The maximum Gasteiger partial charge on any atom is 0.242 e. The average Bonchev–Trinajstić information content (AvgIpc) is 2.32. The molecule has 0 heterocycles. The number of aliphatic hydroxyl groups excluding tert-OH is 1. The van der Waals surface area contributed by atoms with Crippen molar-refractivity contribution in [1.29, 1.82) is 0 Å². The minimum atomic E-state index is -3.92. The van der Waals surface area contributed by atoms with E-state index in [0.29, 0.717) is 6.42 Å². The average molecular weight is 344 g/mol. The second-order valence-corrected chi connectivity index (χ2v) is 7.24. The van der Waals surface area contributed by atoms with Crippen LogP contribution in [-0.2, 0) is 10.0 Å². The summed E-state index contributed by atoms with van der Waals surface area (Å²) in [5, 5.41) is 8.44. The van der Waals surface area contributed by atoms with Crippen LogP contribution in [0.4, 0.5) is 4.39 Å². The van der Waals surface area contributed by atoms with Crippen molar-refractivity contribution < 1.29 is 17.9 Å². The summed E-state index contributed by atoms with van der Waals surface area (Å²) < 4.78 is 39.9. The summed E-state index contributed by atoms with van der Waals surface area (Å²) in [6.45, 7) is 3.53. The lowest BCUT2D eigenvalue weighted by Crippen LogP contribution is -2.30. The molecule has 0 unspecified atom stereocenters. The zero-order valence-corrected chi connectivity index (χ0v) is 13.4. The van der Waals surface area contributed by atoms with Gasteiger partial charge in [-0.15, -0.1) is 0 Å². The monoisotopic (exact) mass is 343 g/mol. The van der Waals surface area contributed by atoms with E-state index in [1.54, 1.807) is 13.8 Å². The zero-order chi connectivity index (χ0) is 15.5. The first-order valence-corrected chi connectivity index (χ1v) is 8.20. The second-order valence-electron chi connectivity index (χ2n) is 4.72. The summed E-state index contributed by atoms with van der Waals surface area (Å²) in [6, 6.07) is 2.28. The first kappa shape index (κ1) is 17.7. The van der Waals surface area contributed by atoms with Crippen molar-refractivity contribution in [2.75, 3.05) is 6.54 Å². The lowest BCUT2D eigenvalue weighted by molar-refractivity contribution is 0.165. The summed E-state index contributed by atoms with van der Waals surface area (Å²) in [5.41, 5.74) is 0. The highest BCUT2D eigenvalue weighted by atomic mass is 35.5. The van der Waals surface area contributed by atoms with Gasteiger partial charge in [0.15, 0.2) is 5.82 Å². The molecule has 0 aliphatic rings. The van der Waals surface area contributed by atoms with E-state index >= 15 is 0 Å². The third-order valence-corrected chi connectivity index (χ3v) is 4.89. The predicted molar refractivity (Wildman–Crippen MR) is 77.1 cm³/mol. The van der Waals surface area contributed by atoms with Crippen molar-refractivity contribution in [2.45, 2.75) is 31.3 Å². The quantitative estimate of drug-likeness (QED) is 0.780. The number of nitrogens with one attached hydrogen (secondary N) is 1. The van der Waals surface area contributed by atoms with Gasteiger partial charge in [-0.25, -0.2) is 17.5 Å². The van der Waals surface area contributed by atoms with Gasteiger partial charge in [0.05, 0.1) is 16.1 Å². The SMILES string of the molecule is C[C@@H](CNS(=O)(=O)c1ccc(Cl)c(F)c1Cl)C[C@H](C)O. The van der Waals surface area contributed by atoms with E-state index in [1.165, 1.54) is 0 Å². The molecule has 0 saturated carbocycles. The van der Waals surface area contributed by atoms with Gasteiger partial charge in [-0.2, -0.15) is 0 Å². The largest absolute Gasteiger partial charge is 0.393 e. The van der Waals surface area contributed by atoms with Crippen LogP contribution in [0.3, 0.4) is 0 Å². The summed E-state index contributed by atoms with van der Waals surface area (Å²) in [4.78, 5) is -0.356. The van der Waals surface area contributed by atoms with Crippen molar-refractivity contribution in [2.24, 2.45) is 5.92 Å². The van der Waals surface area contributed by atoms with Crippen LogP contribution in [0.15, 0.2) is 17.0 Å². The van der Waals surface area contributed by atoms with E-state index < -0.39 is 27.0 Å². The molecule has 0 saturated heterocycles. The molecule has 1 aromatic carbocycles. The molecule has 2 atom stereocenters. The standard InChI is InChI=1S/C12H16Cl2FNO3S/c1-7(5-8(2)17)6-16-20(18,19)10-4-3-9(13)12(15)11(10)14/h3-4,7-8,16-17H,5-6H2,1-2H3/t7-,8+/m1/s1. The molecule has 0 aliphatic carbocycles. The first-order valence-electron chi connectivity index (χ1n) is 5.96. The third-order valence-electron chi connectivity index (χ3n) is 2.65. The molecule has 0 amide bonds. The summed E-state index contributed by atoms with van der Waals surface area (Å²) in [5.74, 6) is -1.03. The van der Waals surface area contributed by atoms with Crippen LogP contribution in [0.2, 0.25) is 10.0 Å². The number of hydrogen-bond acceptors (Lipinski definition) is 3. The first-order chi connectivity index (χ1) is 9.15. The zero-order valence-electron chi connectivity index (χ0n) is 11.0. The van der Waals surface area contributed by atoms with Crippen LogP contribution in [0, 0.1) is 11.7 Å². The van der Waals surface area contributed by atoms with Crippen LogP contribution < -0.4 is 4.72 Å². The topological polar surface area (TPSA) is 66.4 Å². The lowest BCUT2D eigenvalue weighted by atomic mass is 10.1. The molecule has 0 aliphatic heterocycles. The maximum atomic E-state index is 13.5. The molecule has 114 valence electrons. The smallest absolute Gasteiger partial charge is 0.242 e. The van der Waals surface area contributed by atoms with Gasteiger partial charge in [0.2, 0.25) is 10.0 Å². The van der Waals surface area contributed by atoms with Crippen molar-refractivity contribution >= 4 is 33.2 Å². The molecule has 0 spiro atoms. The Hall–Kier alpha value is -0.400. The van der Waals surface area contributed by atoms with Crippen molar-refractivity contribution in [3.8, 4) is 0 Å². The van der Waals surface area contributed by atoms with Crippen molar-refractivity contribution in [3.05, 3.63) is 28.0 Å². The Balaban J connectivity index is 2.87. The Bertz CT molecular complexity index is 578. The number of rotatable bonds is 6. The molecule has 1 aromatic rings. The third kappa shape index (κ3) is 4.56. The van der Waals surface area contributed by atoms with Crippen molar-refractivity contribution in [3.63, 3.8) is 0 Å². The van der Waals surface area contributed by atoms with Crippen LogP contribution in [0.1, 0.15) is 20.3 Å². The van der Waals surface area contributed by atoms with Crippen LogP contribution in [-0.4, -0.2) is 26.2 Å². The highest BCUT2D eigenvalue weighted by molar-refractivity contribution is 7.89.